The van der Waals surface area contributed by atoms with Crippen LogP contribution < -0.4 is 9.80 Å². The molecule has 0 fully saturated rings. The maximum absolute atomic E-state index is 4.81. The maximum atomic E-state index is 4.81. The van der Waals surface area contributed by atoms with Crippen molar-refractivity contribution >= 4 is 30.4 Å². The number of hydrogen-bond acceptors (Lipinski definition) is 3. The van der Waals surface area contributed by atoms with Crippen LogP contribution in [-0.4, -0.2) is 9.55 Å². The van der Waals surface area contributed by atoms with Gasteiger partial charge in [0.25, 0.3) is 0 Å². The van der Waals surface area contributed by atoms with Gasteiger partial charge in [-0.15, -0.1) is 0 Å². The number of halogens is 2. The predicted octanol–water partition coefficient (Wildman–Crippen LogP) is 10.3. The first-order valence-electron chi connectivity index (χ1n) is 13.6. The van der Waals surface area contributed by atoms with Crippen LogP contribution in [-0.2, 0) is 22.5 Å². The number of anilines is 2. The molecular formula is C32H44Cl2N4Pd. The van der Waals surface area contributed by atoms with Gasteiger partial charge >= 0.3 is 35.0 Å². The van der Waals surface area contributed by atoms with Crippen molar-refractivity contribution in [1.29, 1.82) is 0 Å². The molecular weight excluding hydrogens is 618 g/mol. The van der Waals surface area contributed by atoms with Crippen LogP contribution in [0.15, 0.2) is 67.5 Å². The number of aromatic nitrogens is 2. The van der Waals surface area contributed by atoms with Gasteiger partial charge in [0, 0.05) is 31.3 Å². The molecule has 0 spiro atoms. The van der Waals surface area contributed by atoms with Gasteiger partial charge in [-0.25, -0.2) is 4.98 Å². The van der Waals surface area contributed by atoms with Crippen LogP contribution in [0.5, 0.6) is 0 Å². The summed E-state index contributed by atoms with van der Waals surface area (Å²) in [6.07, 6.45) is 9.85. The molecule has 0 bridgehead atoms. The van der Waals surface area contributed by atoms with Crippen LogP contribution in [0.3, 0.4) is 0 Å². The minimum atomic E-state index is -0.106. The van der Waals surface area contributed by atoms with Crippen LogP contribution in [0.1, 0.15) is 108 Å². The Hall–Kier alpha value is -1.77. The fourth-order valence-electron chi connectivity index (χ4n) is 4.62. The Morgan fingerprint density at radius 3 is 1.31 bits per heavy atom. The summed E-state index contributed by atoms with van der Waals surface area (Å²) >= 11 is -0.106. The summed E-state index contributed by atoms with van der Waals surface area (Å²) in [5, 5.41) is 0. The van der Waals surface area contributed by atoms with Gasteiger partial charge in [-0.2, -0.15) is 0 Å². The Bertz CT molecular complexity index is 1030. The van der Waals surface area contributed by atoms with E-state index in [0.29, 0.717) is 23.7 Å². The SMILES string of the molecule is CC(C)c1cccc(C(C)C)c1N1[C]N(c2c(C(C)C)cccc2C(C)C)C=C1.CCn1ccnc1.[Cl][Pd][Cl]. The van der Waals surface area contributed by atoms with Crippen LogP contribution >= 0.6 is 19.1 Å². The molecule has 216 valence electrons. The third-order valence-electron chi connectivity index (χ3n) is 6.67. The number of imidazole rings is 1. The molecule has 0 atom stereocenters. The number of nitrogens with zero attached hydrogens (tertiary/aromatic N) is 4. The zero-order chi connectivity index (χ0) is 29.1. The number of rotatable bonds is 7. The molecule has 7 heteroatoms. The quantitative estimate of drug-likeness (QED) is 0.236. The summed E-state index contributed by atoms with van der Waals surface area (Å²) < 4.78 is 2.01. The second kappa shape index (κ2) is 16.5. The topological polar surface area (TPSA) is 24.3 Å². The molecule has 0 saturated heterocycles. The molecule has 4 rings (SSSR count). The van der Waals surface area contributed by atoms with Crippen molar-refractivity contribution < 1.29 is 15.9 Å². The van der Waals surface area contributed by atoms with Crippen molar-refractivity contribution in [3.8, 4) is 0 Å². The number of hydrogen-bond donors (Lipinski definition) is 0. The summed E-state index contributed by atoms with van der Waals surface area (Å²) in [5.74, 6) is 1.84. The van der Waals surface area contributed by atoms with Crippen molar-refractivity contribution in [2.24, 2.45) is 0 Å². The zero-order valence-electron chi connectivity index (χ0n) is 24.7. The molecule has 39 heavy (non-hydrogen) atoms. The van der Waals surface area contributed by atoms with Crippen LogP contribution in [0.4, 0.5) is 11.4 Å². The molecule has 0 aliphatic carbocycles. The average molecular weight is 662 g/mol. The Labute approximate surface area is 253 Å². The first-order chi connectivity index (χ1) is 18.6. The van der Waals surface area contributed by atoms with E-state index in [4.69, 9.17) is 19.1 Å². The standard InChI is InChI=1S/C27H36N2.C5H8N2.2ClH.Pd/c1-18(2)22-11-9-12-23(19(3)4)26(22)28-15-16-29(17-28)27-24(20(5)6)13-10-14-25(27)21(7)8;1-2-7-4-3-6-5-7;;;/h9-16,18-21H,1-8H3;3-5H,2H2,1H3;2*1H;/q;;;;+2/p-2. The third kappa shape index (κ3) is 9.12. The van der Waals surface area contributed by atoms with Crippen LogP contribution in [0, 0.1) is 6.67 Å². The molecule has 0 N–H and O–H groups in total. The van der Waals surface area contributed by atoms with E-state index in [1.807, 2.05) is 10.8 Å². The fraction of sp³-hybridized carbons (Fsp3) is 0.438. The molecule has 0 amide bonds. The molecule has 0 saturated carbocycles. The first-order valence-corrected chi connectivity index (χ1v) is 17.6. The van der Waals surface area contributed by atoms with Gasteiger partial charge in [-0.05, 0) is 52.8 Å². The number of benzene rings is 2. The van der Waals surface area contributed by atoms with Crippen molar-refractivity contribution in [3.63, 3.8) is 0 Å². The van der Waals surface area contributed by atoms with Gasteiger partial charge in [0.05, 0.1) is 17.7 Å². The summed E-state index contributed by atoms with van der Waals surface area (Å²) in [5.41, 5.74) is 8.05. The van der Waals surface area contributed by atoms with Crippen molar-refractivity contribution in [1.82, 2.24) is 9.55 Å². The van der Waals surface area contributed by atoms with E-state index in [1.54, 1.807) is 12.5 Å². The van der Waals surface area contributed by atoms with E-state index in [-0.39, 0.29) is 15.9 Å². The van der Waals surface area contributed by atoms with E-state index in [0.717, 1.165) is 6.54 Å². The van der Waals surface area contributed by atoms with E-state index >= 15 is 0 Å². The molecule has 1 aromatic heterocycles. The Morgan fingerprint density at radius 2 is 1.08 bits per heavy atom. The molecule has 0 unspecified atom stereocenters. The number of aryl methyl sites for hydroxylation is 1. The van der Waals surface area contributed by atoms with Crippen molar-refractivity contribution in [2.75, 3.05) is 9.80 Å². The van der Waals surface area contributed by atoms with Gasteiger partial charge in [0.1, 0.15) is 0 Å². The van der Waals surface area contributed by atoms with Gasteiger partial charge < -0.3 is 14.4 Å². The predicted molar refractivity (Wildman–Crippen MR) is 166 cm³/mol. The van der Waals surface area contributed by atoms with Crippen molar-refractivity contribution in [2.45, 2.75) is 92.5 Å². The second-order valence-electron chi connectivity index (χ2n) is 10.8. The van der Waals surface area contributed by atoms with Crippen molar-refractivity contribution in [3.05, 3.63) is 96.4 Å². The first kappa shape index (κ1) is 33.4. The van der Waals surface area contributed by atoms with Gasteiger partial charge in [-0.3, -0.25) is 0 Å². The van der Waals surface area contributed by atoms with Crippen LogP contribution in [0.2, 0.25) is 0 Å². The van der Waals surface area contributed by atoms with E-state index < -0.39 is 0 Å². The minimum absolute atomic E-state index is 0.106. The van der Waals surface area contributed by atoms with Gasteiger partial charge in [0.2, 0.25) is 6.67 Å². The van der Waals surface area contributed by atoms with E-state index in [9.17, 15) is 0 Å². The average Bonchev–Trinajstić information content (AvgIpc) is 3.61. The molecule has 2 radical (unpaired) electrons. The molecule has 1 aliphatic heterocycles. The van der Waals surface area contributed by atoms with Crippen LogP contribution in [0.25, 0.3) is 0 Å². The van der Waals surface area contributed by atoms with Gasteiger partial charge in [-0.1, -0.05) is 91.8 Å². The van der Waals surface area contributed by atoms with E-state index in [2.05, 4.69) is 133 Å². The Balaban J connectivity index is 0.000000450. The second-order valence-corrected chi connectivity index (χ2v) is 13.1. The third-order valence-corrected chi connectivity index (χ3v) is 6.67. The monoisotopic (exact) mass is 660 g/mol. The van der Waals surface area contributed by atoms with E-state index in [1.165, 1.54) is 33.6 Å². The molecule has 2 aromatic carbocycles. The summed E-state index contributed by atoms with van der Waals surface area (Å²) in [6, 6.07) is 13.4. The summed E-state index contributed by atoms with van der Waals surface area (Å²) in [6.45, 7) is 24.9. The summed E-state index contributed by atoms with van der Waals surface area (Å²) in [7, 11) is 9.63. The molecule has 1 aliphatic rings. The zero-order valence-corrected chi connectivity index (χ0v) is 27.8. The Morgan fingerprint density at radius 1 is 0.718 bits per heavy atom. The normalized spacial score (nSPS) is 12.9. The van der Waals surface area contributed by atoms with Gasteiger partial charge in [0.15, 0.2) is 0 Å². The number of para-hydroxylation sites is 2. The Kier molecular flexibility index (Phi) is 14.1. The fourth-order valence-corrected chi connectivity index (χ4v) is 4.62. The summed E-state index contributed by atoms with van der Waals surface area (Å²) in [4.78, 5) is 8.26. The molecule has 4 nitrogen and oxygen atoms in total. The molecule has 2 heterocycles. The molecule has 3 aromatic rings.